The highest BCUT2D eigenvalue weighted by atomic mass is 16.3. The van der Waals surface area contributed by atoms with Gasteiger partial charge < -0.3 is 16.2 Å². The molecule has 2 unspecified atom stereocenters. The molecule has 0 heterocycles. The molecule has 0 radical (unpaired) electrons. The van der Waals surface area contributed by atoms with Gasteiger partial charge in [-0.15, -0.1) is 0 Å². The van der Waals surface area contributed by atoms with Gasteiger partial charge in [0.25, 0.3) is 0 Å². The summed E-state index contributed by atoms with van der Waals surface area (Å²) in [5.41, 5.74) is 5.64. The molecule has 16 heavy (non-hydrogen) atoms. The van der Waals surface area contributed by atoms with Gasteiger partial charge in [0.1, 0.15) is 0 Å². The molecule has 1 saturated carbocycles. The first-order valence-corrected chi connectivity index (χ1v) is 6.33. The van der Waals surface area contributed by atoms with E-state index in [4.69, 9.17) is 5.73 Å². The molecule has 1 amide bonds. The van der Waals surface area contributed by atoms with E-state index in [-0.39, 0.29) is 12.5 Å². The molecule has 4 nitrogen and oxygen atoms in total. The van der Waals surface area contributed by atoms with Crippen LogP contribution in [0.25, 0.3) is 0 Å². The molecule has 1 rings (SSSR count). The highest BCUT2D eigenvalue weighted by molar-refractivity contribution is 5.81. The van der Waals surface area contributed by atoms with E-state index in [0.717, 1.165) is 12.8 Å². The maximum absolute atomic E-state index is 11.5. The maximum atomic E-state index is 11.5. The molecule has 0 aromatic carbocycles. The lowest BCUT2D eigenvalue weighted by atomic mass is 9.79. The fraction of sp³-hybridized carbons (Fsp3) is 0.917. The zero-order valence-corrected chi connectivity index (χ0v) is 10.1. The van der Waals surface area contributed by atoms with E-state index in [1.165, 1.54) is 12.8 Å². The van der Waals surface area contributed by atoms with E-state index < -0.39 is 6.04 Å². The van der Waals surface area contributed by atoms with Crippen LogP contribution in [0.15, 0.2) is 0 Å². The lowest BCUT2D eigenvalue weighted by Gasteiger charge is -2.30. The molecule has 3 atom stereocenters. The molecular formula is C12H24N2O2. The van der Waals surface area contributed by atoms with E-state index in [1.807, 2.05) is 6.92 Å². The number of nitrogens with two attached hydrogens (primary N) is 1. The Kier molecular flexibility index (Phi) is 5.77. The summed E-state index contributed by atoms with van der Waals surface area (Å²) in [6.07, 6.45) is 5.25. The van der Waals surface area contributed by atoms with Gasteiger partial charge in [0.2, 0.25) is 5.91 Å². The highest BCUT2D eigenvalue weighted by Gasteiger charge is 2.25. The third-order valence-corrected chi connectivity index (χ3v) is 3.62. The smallest absolute Gasteiger partial charge is 0.236 e. The molecule has 0 aromatic rings. The van der Waals surface area contributed by atoms with Crippen molar-refractivity contribution in [3.05, 3.63) is 0 Å². The normalized spacial score (nSPS) is 27.4. The van der Waals surface area contributed by atoms with E-state index in [0.29, 0.717) is 24.8 Å². The van der Waals surface area contributed by atoms with E-state index in [9.17, 15) is 9.90 Å². The number of carbonyl (C=O) groups excluding carboxylic acids is 1. The van der Waals surface area contributed by atoms with Crippen LogP contribution >= 0.6 is 0 Å². The van der Waals surface area contributed by atoms with Crippen molar-refractivity contribution < 1.29 is 9.90 Å². The standard InChI is InChI=1S/C12H24N2O2/c1-2-11(13)12(16)14-7-9-5-3-4-6-10(9)8-15/h9-11,15H,2-8,13H2,1H3,(H,14,16)/t9?,10?,11-/m1/s1. The fourth-order valence-corrected chi connectivity index (χ4v) is 2.34. The zero-order valence-electron chi connectivity index (χ0n) is 10.1. The van der Waals surface area contributed by atoms with Gasteiger partial charge in [0.05, 0.1) is 6.04 Å². The first-order chi connectivity index (χ1) is 7.69. The van der Waals surface area contributed by atoms with Crippen LogP contribution in [-0.2, 0) is 4.79 Å². The van der Waals surface area contributed by atoms with Crippen molar-refractivity contribution in [2.75, 3.05) is 13.2 Å². The van der Waals surface area contributed by atoms with E-state index >= 15 is 0 Å². The Labute approximate surface area is 97.6 Å². The molecule has 4 heteroatoms. The zero-order chi connectivity index (χ0) is 12.0. The van der Waals surface area contributed by atoms with Crippen LogP contribution in [0.2, 0.25) is 0 Å². The summed E-state index contributed by atoms with van der Waals surface area (Å²) in [4.78, 5) is 11.5. The first-order valence-electron chi connectivity index (χ1n) is 6.33. The van der Waals surface area contributed by atoms with Gasteiger partial charge in [-0.2, -0.15) is 0 Å². The van der Waals surface area contributed by atoms with Gasteiger partial charge in [-0.3, -0.25) is 4.79 Å². The van der Waals surface area contributed by atoms with Crippen LogP contribution in [0, 0.1) is 11.8 Å². The van der Waals surface area contributed by atoms with E-state index in [2.05, 4.69) is 5.32 Å². The third-order valence-electron chi connectivity index (χ3n) is 3.62. The largest absolute Gasteiger partial charge is 0.396 e. The summed E-state index contributed by atoms with van der Waals surface area (Å²) < 4.78 is 0. The monoisotopic (exact) mass is 228 g/mol. The van der Waals surface area contributed by atoms with Gasteiger partial charge in [0.15, 0.2) is 0 Å². The number of aliphatic hydroxyl groups is 1. The summed E-state index contributed by atoms with van der Waals surface area (Å²) in [5.74, 6) is 0.712. The Bertz CT molecular complexity index is 221. The third kappa shape index (κ3) is 3.76. The Hall–Kier alpha value is -0.610. The van der Waals surface area contributed by atoms with Crippen molar-refractivity contribution >= 4 is 5.91 Å². The number of nitrogens with one attached hydrogen (secondary N) is 1. The molecule has 0 aliphatic heterocycles. The molecule has 0 saturated heterocycles. The molecule has 1 aliphatic rings. The van der Waals surface area contributed by atoms with Gasteiger partial charge in [0, 0.05) is 13.2 Å². The fourth-order valence-electron chi connectivity index (χ4n) is 2.34. The van der Waals surface area contributed by atoms with Crippen molar-refractivity contribution in [1.82, 2.24) is 5.32 Å². The second kappa shape index (κ2) is 6.86. The Balaban J connectivity index is 2.32. The van der Waals surface area contributed by atoms with Crippen LogP contribution in [0.1, 0.15) is 39.0 Å². The summed E-state index contributed by atoms with van der Waals surface area (Å²) in [5, 5.41) is 12.1. The molecule has 0 bridgehead atoms. The van der Waals surface area contributed by atoms with Crippen molar-refractivity contribution in [2.45, 2.75) is 45.1 Å². The highest BCUT2D eigenvalue weighted by Crippen LogP contribution is 2.28. The van der Waals surface area contributed by atoms with Gasteiger partial charge in [-0.05, 0) is 31.1 Å². The van der Waals surface area contributed by atoms with E-state index in [1.54, 1.807) is 0 Å². The molecule has 0 spiro atoms. The van der Waals surface area contributed by atoms with Crippen molar-refractivity contribution in [3.63, 3.8) is 0 Å². The average Bonchev–Trinajstić information content (AvgIpc) is 2.35. The summed E-state index contributed by atoms with van der Waals surface area (Å²) in [6.45, 7) is 2.81. The minimum atomic E-state index is -0.392. The summed E-state index contributed by atoms with van der Waals surface area (Å²) in [7, 11) is 0. The molecule has 1 aliphatic carbocycles. The van der Waals surface area contributed by atoms with Crippen LogP contribution in [0.4, 0.5) is 0 Å². The Morgan fingerprint density at radius 1 is 1.44 bits per heavy atom. The number of aliphatic hydroxyl groups excluding tert-OH is 1. The number of carbonyl (C=O) groups is 1. The second-order valence-corrected chi connectivity index (χ2v) is 4.75. The van der Waals surface area contributed by atoms with Crippen LogP contribution < -0.4 is 11.1 Å². The minimum absolute atomic E-state index is 0.0650. The molecular weight excluding hydrogens is 204 g/mol. The topological polar surface area (TPSA) is 75.4 Å². The predicted molar refractivity (Wildman–Crippen MR) is 63.8 cm³/mol. The first kappa shape index (κ1) is 13.5. The average molecular weight is 228 g/mol. The number of hydrogen-bond acceptors (Lipinski definition) is 3. The lowest BCUT2D eigenvalue weighted by molar-refractivity contribution is -0.122. The Morgan fingerprint density at radius 2 is 2.06 bits per heavy atom. The molecule has 94 valence electrons. The molecule has 4 N–H and O–H groups in total. The molecule has 0 aromatic heterocycles. The maximum Gasteiger partial charge on any atom is 0.236 e. The van der Waals surface area contributed by atoms with Crippen LogP contribution in [0.3, 0.4) is 0 Å². The van der Waals surface area contributed by atoms with Crippen molar-refractivity contribution in [2.24, 2.45) is 17.6 Å². The summed E-state index contributed by atoms with van der Waals surface area (Å²) in [6, 6.07) is -0.392. The second-order valence-electron chi connectivity index (χ2n) is 4.75. The van der Waals surface area contributed by atoms with Gasteiger partial charge in [-0.25, -0.2) is 0 Å². The number of rotatable bonds is 5. The van der Waals surface area contributed by atoms with Gasteiger partial charge >= 0.3 is 0 Å². The molecule has 1 fully saturated rings. The number of hydrogen-bond donors (Lipinski definition) is 3. The van der Waals surface area contributed by atoms with Crippen LogP contribution in [0.5, 0.6) is 0 Å². The quantitative estimate of drug-likeness (QED) is 0.646. The van der Waals surface area contributed by atoms with Crippen LogP contribution in [-0.4, -0.2) is 30.2 Å². The van der Waals surface area contributed by atoms with Gasteiger partial charge in [-0.1, -0.05) is 19.8 Å². The van der Waals surface area contributed by atoms with Crippen molar-refractivity contribution in [1.29, 1.82) is 0 Å². The SMILES string of the molecule is CC[C@@H](N)C(=O)NCC1CCCCC1CO. The minimum Gasteiger partial charge on any atom is -0.396 e. The lowest BCUT2D eigenvalue weighted by Crippen LogP contribution is -2.43. The van der Waals surface area contributed by atoms with Crippen molar-refractivity contribution in [3.8, 4) is 0 Å². The number of amides is 1. The summed E-state index contributed by atoms with van der Waals surface area (Å²) >= 11 is 0. The Morgan fingerprint density at radius 3 is 2.62 bits per heavy atom. The predicted octanol–water partition coefficient (Wildman–Crippen LogP) is 0.639.